The molecule has 0 saturated carbocycles. The summed E-state index contributed by atoms with van der Waals surface area (Å²) >= 11 is 0. The summed E-state index contributed by atoms with van der Waals surface area (Å²) in [7, 11) is -3.62. The highest BCUT2D eigenvalue weighted by atomic mass is 32.2. The highest BCUT2D eigenvalue weighted by molar-refractivity contribution is 7.89. The van der Waals surface area contributed by atoms with E-state index in [9.17, 15) is 13.2 Å². The van der Waals surface area contributed by atoms with Gasteiger partial charge in [0.25, 0.3) is 0 Å². The number of sulfonamides is 1. The van der Waals surface area contributed by atoms with E-state index in [4.69, 9.17) is 0 Å². The zero-order valence-electron chi connectivity index (χ0n) is 14.0. The Kier molecular flexibility index (Phi) is 4.94. The third-order valence-electron chi connectivity index (χ3n) is 5.00. The Morgan fingerprint density at radius 3 is 2.71 bits per heavy atom. The largest absolute Gasteiger partial charge is 0.325 e. The first-order valence-corrected chi connectivity index (χ1v) is 9.95. The van der Waals surface area contributed by atoms with Gasteiger partial charge in [-0.25, -0.2) is 8.42 Å². The Balaban J connectivity index is 1.89. The molecule has 1 atom stereocenters. The number of carbonyl (C=O) groups is 1. The van der Waals surface area contributed by atoms with Crippen molar-refractivity contribution in [3.05, 3.63) is 24.3 Å². The van der Waals surface area contributed by atoms with Crippen molar-refractivity contribution in [2.75, 3.05) is 31.5 Å². The highest BCUT2D eigenvalue weighted by Crippen LogP contribution is 2.38. The number of carbonyl (C=O) groups excluding carboxylic acids is 1. The van der Waals surface area contributed by atoms with Gasteiger partial charge in [-0.05, 0) is 49.8 Å². The Morgan fingerprint density at radius 2 is 2.00 bits per heavy atom. The van der Waals surface area contributed by atoms with Crippen molar-refractivity contribution in [3.8, 4) is 0 Å². The van der Waals surface area contributed by atoms with Gasteiger partial charge in [0.05, 0.1) is 5.69 Å². The Bertz CT molecular complexity index is 706. The summed E-state index contributed by atoms with van der Waals surface area (Å²) in [6, 6.07) is 6.63. The molecule has 132 valence electrons. The highest BCUT2D eigenvalue weighted by Gasteiger charge is 2.41. The lowest BCUT2D eigenvalue weighted by Gasteiger charge is -2.44. The lowest BCUT2D eigenvalue weighted by atomic mass is 9.75. The monoisotopic (exact) mass is 351 g/mol. The second-order valence-corrected chi connectivity index (χ2v) is 8.81. The van der Waals surface area contributed by atoms with Crippen LogP contribution in [0.4, 0.5) is 5.69 Å². The van der Waals surface area contributed by atoms with Crippen molar-refractivity contribution in [2.45, 2.75) is 37.5 Å². The molecule has 0 aromatic heterocycles. The Labute approximate surface area is 143 Å². The number of piperidine rings is 2. The molecule has 1 aromatic carbocycles. The molecule has 0 aliphatic carbocycles. The molecular formula is C17H25N3O3S. The van der Waals surface area contributed by atoms with Gasteiger partial charge in [0.2, 0.25) is 15.9 Å². The Morgan fingerprint density at radius 1 is 1.25 bits per heavy atom. The van der Waals surface area contributed by atoms with Gasteiger partial charge in [-0.1, -0.05) is 12.1 Å². The van der Waals surface area contributed by atoms with E-state index in [1.54, 1.807) is 28.6 Å². The number of hydrogen-bond donors (Lipinski definition) is 2. The van der Waals surface area contributed by atoms with Crippen molar-refractivity contribution in [1.82, 2.24) is 9.62 Å². The summed E-state index contributed by atoms with van der Waals surface area (Å²) in [6.45, 7) is 4.37. The number of benzene rings is 1. The maximum Gasteiger partial charge on any atom is 0.245 e. The molecule has 0 radical (unpaired) electrons. The zero-order chi connectivity index (χ0) is 17.2. The SMILES string of the molecule is CC(=O)Nc1ccccc1S(=O)(=O)N1CCCC2(CCCNC2)C1. The fourth-order valence-corrected chi connectivity index (χ4v) is 5.61. The molecule has 1 aromatic rings. The van der Waals surface area contributed by atoms with Gasteiger partial charge < -0.3 is 10.6 Å². The molecule has 1 unspecified atom stereocenters. The molecule has 2 N–H and O–H groups in total. The van der Waals surface area contributed by atoms with Crippen LogP contribution in [0.5, 0.6) is 0 Å². The maximum atomic E-state index is 13.2. The van der Waals surface area contributed by atoms with E-state index in [0.717, 1.165) is 38.8 Å². The van der Waals surface area contributed by atoms with Crippen molar-refractivity contribution >= 4 is 21.6 Å². The van der Waals surface area contributed by atoms with Crippen LogP contribution in [-0.4, -0.2) is 44.8 Å². The standard InChI is InChI=1S/C17H25N3O3S/c1-14(21)19-15-6-2-3-7-16(15)24(22,23)20-11-5-9-17(13-20)8-4-10-18-12-17/h2-3,6-7,18H,4-5,8-13H2,1H3,(H,19,21). The molecule has 2 heterocycles. The minimum Gasteiger partial charge on any atom is -0.325 e. The van der Waals surface area contributed by atoms with E-state index in [1.165, 1.54) is 6.92 Å². The smallest absolute Gasteiger partial charge is 0.245 e. The van der Waals surface area contributed by atoms with Crippen molar-refractivity contribution in [2.24, 2.45) is 5.41 Å². The number of para-hydroxylation sites is 1. The van der Waals surface area contributed by atoms with Gasteiger partial charge in [-0.3, -0.25) is 4.79 Å². The molecule has 2 saturated heterocycles. The third-order valence-corrected chi connectivity index (χ3v) is 6.91. The number of rotatable bonds is 3. The van der Waals surface area contributed by atoms with Crippen LogP contribution < -0.4 is 10.6 Å². The maximum absolute atomic E-state index is 13.2. The van der Waals surface area contributed by atoms with Crippen molar-refractivity contribution in [3.63, 3.8) is 0 Å². The van der Waals surface area contributed by atoms with E-state index in [0.29, 0.717) is 18.8 Å². The van der Waals surface area contributed by atoms with Crippen LogP contribution in [0.2, 0.25) is 0 Å². The van der Waals surface area contributed by atoms with Gasteiger partial charge in [0, 0.05) is 26.6 Å². The predicted octanol–water partition coefficient (Wildman–Crippen LogP) is 1.80. The first kappa shape index (κ1) is 17.4. The topological polar surface area (TPSA) is 78.5 Å². The van der Waals surface area contributed by atoms with E-state index in [2.05, 4.69) is 10.6 Å². The summed E-state index contributed by atoms with van der Waals surface area (Å²) in [4.78, 5) is 11.6. The third kappa shape index (κ3) is 3.48. The molecule has 6 nitrogen and oxygen atoms in total. The molecule has 3 rings (SSSR count). The predicted molar refractivity (Wildman–Crippen MR) is 93.3 cm³/mol. The quantitative estimate of drug-likeness (QED) is 0.870. The van der Waals surface area contributed by atoms with Crippen LogP contribution in [0.15, 0.2) is 29.2 Å². The normalized spacial score (nSPS) is 25.5. The van der Waals surface area contributed by atoms with E-state index < -0.39 is 10.0 Å². The summed E-state index contributed by atoms with van der Waals surface area (Å²) < 4.78 is 27.9. The van der Waals surface area contributed by atoms with Crippen LogP contribution >= 0.6 is 0 Å². The van der Waals surface area contributed by atoms with Crippen molar-refractivity contribution < 1.29 is 13.2 Å². The van der Waals surface area contributed by atoms with Crippen LogP contribution in [0.25, 0.3) is 0 Å². The second kappa shape index (κ2) is 6.82. The fraction of sp³-hybridized carbons (Fsp3) is 0.588. The fourth-order valence-electron chi connectivity index (χ4n) is 3.87. The summed E-state index contributed by atoms with van der Waals surface area (Å²) in [6.07, 6.45) is 4.11. The molecule has 1 spiro atoms. The van der Waals surface area contributed by atoms with Crippen LogP contribution in [-0.2, 0) is 14.8 Å². The number of hydrogen-bond acceptors (Lipinski definition) is 4. The van der Waals surface area contributed by atoms with Crippen LogP contribution in [0, 0.1) is 5.41 Å². The average molecular weight is 351 g/mol. The van der Waals surface area contributed by atoms with Crippen LogP contribution in [0.3, 0.4) is 0 Å². The van der Waals surface area contributed by atoms with Gasteiger partial charge >= 0.3 is 0 Å². The second-order valence-electron chi connectivity index (χ2n) is 6.90. The van der Waals surface area contributed by atoms with Gasteiger partial charge in [0.15, 0.2) is 0 Å². The molecule has 2 aliphatic rings. The van der Waals surface area contributed by atoms with E-state index >= 15 is 0 Å². The summed E-state index contributed by atoms with van der Waals surface area (Å²) in [5, 5.41) is 6.05. The molecule has 2 fully saturated rings. The summed E-state index contributed by atoms with van der Waals surface area (Å²) in [5.74, 6) is -0.274. The molecule has 0 bridgehead atoms. The van der Waals surface area contributed by atoms with E-state index in [-0.39, 0.29) is 16.2 Å². The number of amides is 1. The van der Waals surface area contributed by atoms with E-state index in [1.807, 2.05) is 0 Å². The van der Waals surface area contributed by atoms with Gasteiger partial charge in [-0.15, -0.1) is 0 Å². The minimum absolute atomic E-state index is 0.0481. The van der Waals surface area contributed by atoms with Crippen molar-refractivity contribution in [1.29, 1.82) is 0 Å². The minimum atomic E-state index is -3.62. The molecule has 7 heteroatoms. The zero-order valence-corrected chi connectivity index (χ0v) is 14.9. The molecule has 2 aliphatic heterocycles. The first-order chi connectivity index (χ1) is 11.4. The number of anilines is 1. The van der Waals surface area contributed by atoms with Gasteiger partial charge in [-0.2, -0.15) is 4.31 Å². The lowest BCUT2D eigenvalue weighted by molar-refractivity contribution is -0.114. The van der Waals surface area contributed by atoms with Gasteiger partial charge in [0.1, 0.15) is 4.90 Å². The first-order valence-electron chi connectivity index (χ1n) is 8.51. The van der Waals surface area contributed by atoms with Crippen LogP contribution in [0.1, 0.15) is 32.6 Å². The Hall–Kier alpha value is -1.44. The average Bonchev–Trinajstić information content (AvgIpc) is 2.55. The number of nitrogens with one attached hydrogen (secondary N) is 2. The molecule has 1 amide bonds. The molecular weight excluding hydrogens is 326 g/mol. The molecule has 24 heavy (non-hydrogen) atoms. The summed E-state index contributed by atoms with van der Waals surface area (Å²) in [5.41, 5.74) is 0.401. The lowest BCUT2D eigenvalue weighted by Crippen LogP contribution is -2.52. The number of nitrogens with zero attached hydrogens (tertiary/aromatic N) is 1.